The second kappa shape index (κ2) is 6.08. The highest BCUT2D eigenvalue weighted by molar-refractivity contribution is 5.91. The number of halogens is 1. The van der Waals surface area contributed by atoms with Crippen LogP contribution in [-0.4, -0.2) is 15.7 Å². The quantitative estimate of drug-likeness (QED) is 0.940. The lowest BCUT2D eigenvalue weighted by Crippen LogP contribution is -2.13. The van der Waals surface area contributed by atoms with Crippen molar-refractivity contribution in [1.29, 1.82) is 0 Å². The first-order chi connectivity index (χ1) is 9.88. The fourth-order valence-electron chi connectivity index (χ4n) is 2.35. The van der Waals surface area contributed by atoms with Gasteiger partial charge in [0.2, 0.25) is 5.91 Å². The van der Waals surface area contributed by atoms with Gasteiger partial charge >= 0.3 is 0 Å². The zero-order chi connectivity index (χ0) is 15.6. The van der Waals surface area contributed by atoms with Crippen molar-refractivity contribution in [2.75, 3.05) is 5.32 Å². The van der Waals surface area contributed by atoms with E-state index in [0.29, 0.717) is 12.8 Å². The van der Waals surface area contributed by atoms with Crippen molar-refractivity contribution in [1.82, 2.24) is 9.78 Å². The van der Waals surface area contributed by atoms with Gasteiger partial charge in [-0.05, 0) is 50.5 Å². The number of amides is 1. The Bertz CT molecular complexity index is 676. The maximum atomic E-state index is 13.7. The van der Waals surface area contributed by atoms with E-state index < -0.39 is 5.82 Å². The molecule has 5 heteroatoms. The summed E-state index contributed by atoms with van der Waals surface area (Å²) in [4.78, 5) is 11.9. The lowest BCUT2D eigenvalue weighted by molar-refractivity contribution is -0.116. The smallest absolute Gasteiger partial charge is 0.224 e. The van der Waals surface area contributed by atoms with Gasteiger partial charge in [-0.15, -0.1) is 0 Å². The molecule has 1 aromatic heterocycles. The number of carbonyl (C=O) groups excluding carboxylic acids is 1. The number of rotatable bonds is 4. The first-order valence-corrected chi connectivity index (χ1v) is 6.93. The van der Waals surface area contributed by atoms with Crippen LogP contribution < -0.4 is 5.32 Å². The fourth-order valence-corrected chi connectivity index (χ4v) is 2.35. The van der Waals surface area contributed by atoms with Crippen LogP contribution in [0.5, 0.6) is 0 Å². The summed E-state index contributed by atoms with van der Waals surface area (Å²) in [6, 6.07) is 4.77. The second-order valence-electron chi connectivity index (χ2n) is 5.30. The fraction of sp³-hybridized carbons (Fsp3) is 0.375. The zero-order valence-corrected chi connectivity index (χ0v) is 12.8. The number of aromatic nitrogens is 2. The van der Waals surface area contributed by atoms with Crippen LogP contribution in [-0.2, 0) is 18.3 Å². The maximum absolute atomic E-state index is 13.7. The topological polar surface area (TPSA) is 46.9 Å². The molecule has 21 heavy (non-hydrogen) atoms. The lowest BCUT2D eigenvalue weighted by atomic mass is 10.1. The van der Waals surface area contributed by atoms with Crippen LogP contribution in [0.2, 0.25) is 0 Å². The molecule has 0 saturated carbocycles. The van der Waals surface area contributed by atoms with E-state index in [-0.39, 0.29) is 11.6 Å². The molecule has 4 nitrogen and oxygen atoms in total. The van der Waals surface area contributed by atoms with Gasteiger partial charge in [0.25, 0.3) is 0 Å². The predicted molar refractivity (Wildman–Crippen MR) is 80.8 cm³/mol. The third-order valence-corrected chi connectivity index (χ3v) is 3.66. The number of hydrogen-bond donors (Lipinski definition) is 1. The van der Waals surface area contributed by atoms with Gasteiger partial charge < -0.3 is 5.32 Å². The van der Waals surface area contributed by atoms with E-state index in [2.05, 4.69) is 10.4 Å². The van der Waals surface area contributed by atoms with Crippen LogP contribution in [0.25, 0.3) is 0 Å². The number of carbonyl (C=O) groups is 1. The van der Waals surface area contributed by atoms with Gasteiger partial charge in [0.1, 0.15) is 5.82 Å². The molecular formula is C16H20FN3O. The van der Waals surface area contributed by atoms with Crippen LogP contribution in [0.4, 0.5) is 10.1 Å². The molecule has 0 aliphatic heterocycles. The Labute approximate surface area is 124 Å². The average Bonchev–Trinajstić information content (AvgIpc) is 2.65. The normalized spacial score (nSPS) is 10.7. The lowest BCUT2D eigenvalue weighted by Gasteiger charge is -2.07. The Morgan fingerprint density at radius 3 is 2.62 bits per heavy atom. The van der Waals surface area contributed by atoms with Gasteiger partial charge in [-0.2, -0.15) is 5.10 Å². The number of nitrogens with zero attached hydrogens (tertiary/aromatic N) is 2. The van der Waals surface area contributed by atoms with Gasteiger partial charge in [0, 0.05) is 19.2 Å². The van der Waals surface area contributed by atoms with E-state index in [9.17, 15) is 9.18 Å². The van der Waals surface area contributed by atoms with Crippen LogP contribution in [0, 0.1) is 26.6 Å². The number of nitrogens with one attached hydrogen (secondary N) is 1. The highest BCUT2D eigenvalue weighted by Crippen LogP contribution is 2.17. The van der Waals surface area contributed by atoms with E-state index in [4.69, 9.17) is 0 Å². The van der Waals surface area contributed by atoms with Crippen molar-refractivity contribution >= 4 is 11.6 Å². The van der Waals surface area contributed by atoms with Crippen molar-refractivity contribution in [2.45, 2.75) is 33.6 Å². The van der Waals surface area contributed by atoms with Crippen molar-refractivity contribution < 1.29 is 9.18 Å². The van der Waals surface area contributed by atoms with E-state index >= 15 is 0 Å². The van der Waals surface area contributed by atoms with Crippen LogP contribution >= 0.6 is 0 Å². The zero-order valence-electron chi connectivity index (χ0n) is 12.8. The molecule has 0 spiro atoms. The van der Waals surface area contributed by atoms with E-state index in [1.165, 1.54) is 6.07 Å². The largest absolute Gasteiger partial charge is 0.324 e. The van der Waals surface area contributed by atoms with E-state index in [1.54, 1.807) is 12.1 Å². The molecule has 0 radical (unpaired) electrons. The predicted octanol–water partition coefficient (Wildman–Crippen LogP) is 3.06. The molecule has 0 aliphatic rings. The van der Waals surface area contributed by atoms with E-state index in [0.717, 1.165) is 22.5 Å². The number of benzene rings is 1. The van der Waals surface area contributed by atoms with Crippen LogP contribution in [0.15, 0.2) is 18.2 Å². The molecule has 0 bridgehead atoms. The Morgan fingerprint density at radius 2 is 2.05 bits per heavy atom. The minimum Gasteiger partial charge on any atom is -0.324 e. The summed E-state index contributed by atoms with van der Waals surface area (Å²) in [7, 11) is 1.88. The summed E-state index contributed by atoms with van der Waals surface area (Å²) in [5.41, 5.74) is 4.13. The van der Waals surface area contributed by atoms with E-state index in [1.807, 2.05) is 32.5 Å². The molecule has 0 aliphatic carbocycles. The Balaban J connectivity index is 1.99. The first-order valence-electron chi connectivity index (χ1n) is 6.93. The SMILES string of the molecule is Cc1ccc(NC(=O)CCc2c(C)nn(C)c2C)c(F)c1. The Kier molecular flexibility index (Phi) is 4.40. The highest BCUT2D eigenvalue weighted by Gasteiger charge is 2.12. The summed E-state index contributed by atoms with van der Waals surface area (Å²) in [6.45, 7) is 5.72. The van der Waals surface area contributed by atoms with Crippen molar-refractivity contribution in [3.63, 3.8) is 0 Å². The van der Waals surface area contributed by atoms with Gasteiger partial charge in [0.15, 0.2) is 0 Å². The van der Waals surface area contributed by atoms with Gasteiger partial charge in [0.05, 0.1) is 11.4 Å². The molecular weight excluding hydrogens is 269 g/mol. The molecule has 2 rings (SSSR count). The highest BCUT2D eigenvalue weighted by atomic mass is 19.1. The minimum atomic E-state index is -0.405. The number of hydrogen-bond acceptors (Lipinski definition) is 2. The summed E-state index contributed by atoms with van der Waals surface area (Å²) >= 11 is 0. The molecule has 1 amide bonds. The molecule has 1 heterocycles. The summed E-state index contributed by atoms with van der Waals surface area (Å²) in [6.07, 6.45) is 0.908. The monoisotopic (exact) mass is 289 g/mol. The maximum Gasteiger partial charge on any atom is 0.224 e. The van der Waals surface area contributed by atoms with Crippen molar-refractivity contribution in [2.24, 2.45) is 7.05 Å². The molecule has 112 valence electrons. The summed E-state index contributed by atoms with van der Waals surface area (Å²) in [5, 5.41) is 6.93. The molecule has 2 aromatic rings. The Hall–Kier alpha value is -2.17. The molecule has 0 atom stereocenters. The van der Waals surface area contributed by atoms with Crippen LogP contribution in [0.3, 0.4) is 0 Å². The molecule has 0 unspecified atom stereocenters. The van der Waals surface area contributed by atoms with Crippen molar-refractivity contribution in [3.05, 3.63) is 46.5 Å². The third kappa shape index (κ3) is 3.48. The molecule has 0 fully saturated rings. The molecule has 1 aromatic carbocycles. The second-order valence-corrected chi connectivity index (χ2v) is 5.30. The average molecular weight is 289 g/mol. The standard InChI is InChI=1S/C16H20FN3O/c1-10-5-7-15(14(17)9-10)18-16(21)8-6-13-11(2)19-20(4)12(13)3/h5,7,9H,6,8H2,1-4H3,(H,18,21). The van der Waals surface area contributed by atoms with Crippen LogP contribution in [0.1, 0.15) is 28.9 Å². The summed E-state index contributed by atoms with van der Waals surface area (Å²) < 4.78 is 15.5. The molecule has 0 saturated heterocycles. The molecule has 1 N–H and O–H groups in total. The summed E-state index contributed by atoms with van der Waals surface area (Å²) in [5.74, 6) is -0.600. The number of aryl methyl sites for hydroxylation is 3. The number of anilines is 1. The van der Waals surface area contributed by atoms with Gasteiger partial charge in [-0.25, -0.2) is 4.39 Å². The Morgan fingerprint density at radius 1 is 1.33 bits per heavy atom. The van der Waals surface area contributed by atoms with Gasteiger partial charge in [-0.1, -0.05) is 6.07 Å². The minimum absolute atomic E-state index is 0.194. The first kappa shape index (κ1) is 15.2. The van der Waals surface area contributed by atoms with Crippen molar-refractivity contribution in [3.8, 4) is 0 Å². The third-order valence-electron chi connectivity index (χ3n) is 3.66. The van der Waals surface area contributed by atoms with Gasteiger partial charge in [-0.3, -0.25) is 9.48 Å².